The van der Waals surface area contributed by atoms with E-state index in [9.17, 15) is 9.59 Å². The number of unbranched alkanes of at least 4 members (excludes halogenated alkanes) is 3. The van der Waals surface area contributed by atoms with Crippen molar-refractivity contribution < 1.29 is 14.3 Å². The number of carbonyl (C=O) groups excluding carboxylic acids is 2. The molecule has 0 fully saturated rings. The number of nitrogens with one attached hydrogen (secondary N) is 2. The maximum Gasteiger partial charge on any atom is 0.269 e. The van der Waals surface area contributed by atoms with Crippen LogP contribution in [0.5, 0.6) is 11.5 Å². The number of ether oxygens (including phenoxy) is 1. The van der Waals surface area contributed by atoms with Gasteiger partial charge in [-0.25, -0.2) is 0 Å². The fraction of sp³-hybridized carbons (Fsp3) is 0.350. The molecule has 0 bridgehead atoms. The first-order valence-electron chi connectivity index (χ1n) is 9.09. The van der Waals surface area contributed by atoms with Crippen molar-refractivity contribution in [1.82, 2.24) is 10.3 Å². The van der Waals surface area contributed by atoms with E-state index in [0.717, 1.165) is 25.7 Å². The smallest absolute Gasteiger partial charge is 0.269 e. The van der Waals surface area contributed by atoms with Crippen LogP contribution < -0.4 is 21.1 Å². The largest absolute Gasteiger partial charge is 0.455 e. The third-order valence-electron chi connectivity index (χ3n) is 3.94. The number of hydrogen-bond acceptors (Lipinski definition) is 5. The molecule has 29 heavy (non-hydrogen) atoms. The summed E-state index contributed by atoms with van der Waals surface area (Å²) < 4.78 is 5.85. The third-order valence-corrected chi connectivity index (χ3v) is 3.94. The van der Waals surface area contributed by atoms with Crippen molar-refractivity contribution in [3.63, 3.8) is 0 Å². The first-order chi connectivity index (χ1) is 13.1. The van der Waals surface area contributed by atoms with E-state index in [1.165, 1.54) is 6.20 Å². The maximum absolute atomic E-state index is 12.2. The van der Waals surface area contributed by atoms with Crippen LogP contribution in [-0.2, 0) is 4.79 Å². The quantitative estimate of drug-likeness (QED) is 0.483. The highest BCUT2D eigenvalue weighted by Gasteiger charge is 2.10. The second-order valence-corrected chi connectivity index (χ2v) is 6.06. The Morgan fingerprint density at radius 2 is 1.79 bits per heavy atom. The molecule has 7 nitrogen and oxygen atoms in total. The van der Waals surface area contributed by atoms with Crippen molar-refractivity contribution in [2.75, 3.05) is 18.9 Å². The Morgan fingerprint density at radius 1 is 1.07 bits per heavy atom. The summed E-state index contributed by atoms with van der Waals surface area (Å²) in [6.45, 7) is 0.688. The van der Waals surface area contributed by atoms with E-state index in [-0.39, 0.29) is 42.3 Å². The molecule has 0 saturated carbocycles. The molecule has 2 aromatic rings. The van der Waals surface area contributed by atoms with Crippen LogP contribution in [0.15, 0.2) is 42.6 Å². The van der Waals surface area contributed by atoms with E-state index in [1.807, 2.05) is 12.1 Å². The Bertz CT molecular complexity index is 775. The first kappa shape index (κ1) is 26.6. The Morgan fingerprint density at radius 3 is 2.52 bits per heavy atom. The van der Waals surface area contributed by atoms with Crippen LogP contribution in [-0.4, -0.2) is 30.4 Å². The molecule has 4 N–H and O–H groups in total. The minimum absolute atomic E-state index is 0. The molecule has 0 aliphatic rings. The Hall–Kier alpha value is -2.35. The van der Waals surface area contributed by atoms with Crippen LogP contribution in [0.3, 0.4) is 0 Å². The molecular weight excluding hydrogens is 415 g/mol. The molecule has 0 radical (unpaired) electrons. The number of rotatable bonds is 10. The van der Waals surface area contributed by atoms with Gasteiger partial charge in [0.15, 0.2) is 5.75 Å². The zero-order valence-corrected chi connectivity index (χ0v) is 18.0. The number of hydrogen-bond donors (Lipinski definition) is 3. The Balaban J connectivity index is 0.00000392. The van der Waals surface area contributed by atoms with Gasteiger partial charge in [0.05, 0.1) is 5.69 Å². The first-order valence-corrected chi connectivity index (χ1v) is 9.09. The standard InChI is InChI=1S/C20H26N4O3.2ClH/c1-22-20(26)17-14-15(11-13-23-17)27-18-9-6-5-8-16(18)24-19(25)10-4-2-3-7-12-21;;/h5-6,8-9,11,13-14H,2-4,7,10,12,21H2,1H3,(H,22,26)(H,24,25);2*1H. The number of amides is 2. The van der Waals surface area contributed by atoms with E-state index in [0.29, 0.717) is 30.2 Å². The number of carbonyl (C=O) groups is 2. The summed E-state index contributed by atoms with van der Waals surface area (Å²) >= 11 is 0. The molecule has 0 spiro atoms. The van der Waals surface area contributed by atoms with Gasteiger partial charge in [-0.2, -0.15) is 0 Å². The average Bonchev–Trinajstić information content (AvgIpc) is 2.69. The van der Waals surface area contributed by atoms with E-state index < -0.39 is 0 Å². The van der Waals surface area contributed by atoms with Crippen molar-refractivity contribution in [2.24, 2.45) is 5.73 Å². The zero-order valence-electron chi connectivity index (χ0n) is 16.3. The third kappa shape index (κ3) is 9.13. The molecule has 1 aromatic carbocycles. The predicted octanol–water partition coefficient (Wildman–Crippen LogP) is 3.92. The minimum atomic E-state index is -0.295. The predicted molar refractivity (Wildman–Crippen MR) is 119 cm³/mol. The fourth-order valence-corrected chi connectivity index (χ4v) is 2.51. The molecule has 1 aromatic heterocycles. The summed E-state index contributed by atoms with van der Waals surface area (Å²) in [5.41, 5.74) is 6.31. The van der Waals surface area contributed by atoms with E-state index in [1.54, 1.807) is 31.3 Å². The summed E-state index contributed by atoms with van der Waals surface area (Å²) in [6.07, 6.45) is 5.80. The average molecular weight is 443 g/mol. The van der Waals surface area contributed by atoms with E-state index in [2.05, 4.69) is 15.6 Å². The van der Waals surface area contributed by atoms with Gasteiger partial charge in [-0.05, 0) is 37.6 Å². The number of anilines is 1. The maximum atomic E-state index is 12.2. The Labute approximate surface area is 183 Å². The summed E-state index contributed by atoms with van der Waals surface area (Å²) in [5.74, 6) is 0.617. The summed E-state index contributed by atoms with van der Waals surface area (Å²) in [4.78, 5) is 27.9. The van der Waals surface area contributed by atoms with Crippen LogP contribution in [0.25, 0.3) is 0 Å². The van der Waals surface area contributed by atoms with Gasteiger partial charge >= 0.3 is 0 Å². The van der Waals surface area contributed by atoms with Crippen molar-refractivity contribution in [3.05, 3.63) is 48.3 Å². The van der Waals surface area contributed by atoms with E-state index >= 15 is 0 Å². The number of para-hydroxylation sites is 2. The number of nitrogens with zero attached hydrogens (tertiary/aromatic N) is 1. The van der Waals surface area contributed by atoms with Gasteiger partial charge in [-0.3, -0.25) is 14.6 Å². The highest BCUT2D eigenvalue weighted by atomic mass is 35.5. The lowest BCUT2D eigenvalue weighted by Gasteiger charge is -2.12. The Kier molecular flexibility index (Phi) is 13.4. The zero-order chi connectivity index (χ0) is 19.5. The lowest BCUT2D eigenvalue weighted by Crippen LogP contribution is -2.19. The second-order valence-electron chi connectivity index (χ2n) is 6.06. The summed E-state index contributed by atoms with van der Waals surface area (Å²) in [7, 11) is 1.54. The van der Waals surface area contributed by atoms with Gasteiger partial charge in [0, 0.05) is 25.7 Å². The fourth-order valence-electron chi connectivity index (χ4n) is 2.51. The van der Waals surface area contributed by atoms with E-state index in [4.69, 9.17) is 10.5 Å². The monoisotopic (exact) mass is 442 g/mol. The summed E-state index contributed by atoms with van der Waals surface area (Å²) in [5, 5.41) is 5.41. The molecule has 0 atom stereocenters. The lowest BCUT2D eigenvalue weighted by atomic mass is 10.1. The number of halogens is 2. The van der Waals surface area contributed by atoms with Crippen LogP contribution in [0, 0.1) is 0 Å². The van der Waals surface area contributed by atoms with Crippen LogP contribution >= 0.6 is 24.8 Å². The van der Waals surface area contributed by atoms with Gasteiger partial charge in [0.1, 0.15) is 11.4 Å². The SMILES string of the molecule is CNC(=O)c1cc(Oc2ccccc2NC(=O)CCCCCCN)ccn1.Cl.Cl. The van der Waals surface area contributed by atoms with Gasteiger partial charge < -0.3 is 21.1 Å². The number of benzene rings is 1. The molecule has 0 unspecified atom stereocenters. The normalized spacial score (nSPS) is 9.59. The molecule has 0 aliphatic heterocycles. The van der Waals surface area contributed by atoms with Crippen molar-refractivity contribution in [3.8, 4) is 11.5 Å². The molecule has 2 rings (SSSR count). The van der Waals surface area contributed by atoms with Crippen LogP contribution in [0.2, 0.25) is 0 Å². The highest BCUT2D eigenvalue weighted by molar-refractivity contribution is 5.93. The summed E-state index contributed by atoms with van der Waals surface area (Å²) in [6, 6.07) is 10.4. The second kappa shape index (κ2) is 14.6. The van der Waals surface area contributed by atoms with Gasteiger partial charge in [-0.15, -0.1) is 24.8 Å². The molecular formula is C20H28Cl2N4O3. The molecule has 0 aliphatic carbocycles. The van der Waals surface area contributed by atoms with Crippen molar-refractivity contribution >= 4 is 42.3 Å². The minimum Gasteiger partial charge on any atom is -0.455 e. The topological polar surface area (TPSA) is 106 Å². The number of nitrogens with two attached hydrogens (primary N) is 1. The lowest BCUT2D eigenvalue weighted by molar-refractivity contribution is -0.116. The highest BCUT2D eigenvalue weighted by Crippen LogP contribution is 2.29. The van der Waals surface area contributed by atoms with Crippen molar-refractivity contribution in [1.29, 1.82) is 0 Å². The van der Waals surface area contributed by atoms with Crippen LogP contribution in [0.4, 0.5) is 5.69 Å². The molecule has 1 heterocycles. The van der Waals surface area contributed by atoms with Gasteiger partial charge in [0.2, 0.25) is 5.91 Å². The molecule has 160 valence electrons. The van der Waals surface area contributed by atoms with Crippen molar-refractivity contribution in [2.45, 2.75) is 32.1 Å². The van der Waals surface area contributed by atoms with Gasteiger partial charge in [0.25, 0.3) is 5.91 Å². The number of pyridine rings is 1. The van der Waals surface area contributed by atoms with Crippen LogP contribution in [0.1, 0.15) is 42.6 Å². The van der Waals surface area contributed by atoms with Gasteiger partial charge in [-0.1, -0.05) is 25.0 Å². The number of aromatic nitrogens is 1. The molecule has 9 heteroatoms. The molecule has 0 saturated heterocycles. The molecule has 2 amide bonds.